The van der Waals surface area contributed by atoms with Crippen molar-refractivity contribution in [2.45, 2.75) is 13.3 Å². The predicted molar refractivity (Wildman–Crippen MR) is 33.3 cm³/mol. The van der Waals surface area contributed by atoms with Crippen LogP contribution in [0.3, 0.4) is 0 Å². The molecule has 0 rings (SSSR count). The summed E-state index contributed by atoms with van der Waals surface area (Å²) in [6.45, 7) is 5.00. The molecule has 0 aromatic heterocycles. The summed E-state index contributed by atoms with van der Waals surface area (Å²) in [7, 11) is 0. The number of aliphatic carboxylic acids is 2. The molecule has 0 aromatic rings. The molecule has 0 saturated heterocycles. The first-order valence-electron chi connectivity index (χ1n) is 2.70. The Kier molecular flexibility index (Phi) is 15.6. The number of ketones is 1. The van der Waals surface area contributed by atoms with Gasteiger partial charge in [-0.25, -0.2) is 4.79 Å². The fraction of sp³-hybridized carbons (Fsp3) is 0.333. The van der Waals surface area contributed by atoms with Crippen LogP contribution in [-0.4, -0.2) is 22.8 Å². The number of carbonyl (C=O) groups excluding carboxylic acids is 2. The Morgan fingerprint density at radius 2 is 1.67 bits per heavy atom. The molecule has 0 fully saturated rings. The van der Waals surface area contributed by atoms with Crippen LogP contribution in [0.15, 0.2) is 0 Å². The van der Waals surface area contributed by atoms with E-state index in [0.29, 0.717) is 0 Å². The molecular formula is C6H8NaO5-. The number of carbonyl (C=O) groups is 3. The summed E-state index contributed by atoms with van der Waals surface area (Å²) in [5, 5.41) is 17.3. The summed E-state index contributed by atoms with van der Waals surface area (Å²) >= 11 is 0. The van der Waals surface area contributed by atoms with Gasteiger partial charge in [-0.15, -0.1) is 0 Å². The molecule has 0 amide bonds. The molecule has 64 valence electrons. The summed E-state index contributed by atoms with van der Waals surface area (Å²) in [6, 6.07) is 0. The van der Waals surface area contributed by atoms with E-state index in [1.807, 2.05) is 0 Å². The molecule has 5 nitrogen and oxygen atoms in total. The molecule has 0 bridgehead atoms. The molecule has 0 heterocycles. The third-order valence-electron chi connectivity index (χ3n) is 0.543. The van der Waals surface area contributed by atoms with E-state index in [4.69, 9.17) is 5.11 Å². The minimum absolute atomic E-state index is 0. The van der Waals surface area contributed by atoms with Crippen LogP contribution in [-0.2, 0) is 14.4 Å². The summed E-state index contributed by atoms with van der Waals surface area (Å²) in [4.78, 5) is 29.0. The average Bonchev–Trinajstić information content (AvgIpc) is 1.90. The van der Waals surface area contributed by atoms with Crippen LogP contribution in [0.4, 0.5) is 0 Å². The smallest absolute Gasteiger partial charge is 0.550 e. The first-order valence-corrected chi connectivity index (χ1v) is 2.70. The molecule has 0 unspecified atom stereocenters. The van der Waals surface area contributed by atoms with E-state index < -0.39 is 24.1 Å². The SMILES string of the molecule is O=C([O-])CC(=O)C(=O)O.[CH2-]C.[Na+]. The fourth-order valence-electron chi connectivity index (χ4n) is 0.207. The van der Waals surface area contributed by atoms with Gasteiger partial charge in [0.15, 0.2) is 0 Å². The van der Waals surface area contributed by atoms with E-state index in [9.17, 15) is 19.5 Å². The van der Waals surface area contributed by atoms with Crippen LogP contribution < -0.4 is 34.7 Å². The van der Waals surface area contributed by atoms with Crippen molar-refractivity contribution in [3.8, 4) is 0 Å². The van der Waals surface area contributed by atoms with Gasteiger partial charge in [-0.1, -0.05) is 0 Å². The molecule has 6 heteroatoms. The maximum Gasteiger partial charge on any atom is 1.00 e. The summed E-state index contributed by atoms with van der Waals surface area (Å²) in [5.41, 5.74) is 0. The van der Waals surface area contributed by atoms with Gasteiger partial charge in [0.2, 0.25) is 5.78 Å². The molecule has 0 aliphatic rings. The first kappa shape index (κ1) is 17.6. The molecule has 12 heavy (non-hydrogen) atoms. The van der Waals surface area contributed by atoms with Gasteiger partial charge in [-0.2, -0.15) is 6.92 Å². The van der Waals surface area contributed by atoms with E-state index in [0.717, 1.165) is 0 Å². The van der Waals surface area contributed by atoms with E-state index in [1.165, 1.54) is 0 Å². The third kappa shape index (κ3) is 12.3. The first-order chi connectivity index (χ1) is 5.04. The normalized spacial score (nSPS) is 6.83. The minimum Gasteiger partial charge on any atom is -0.550 e. The Hall–Kier alpha value is -0.390. The summed E-state index contributed by atoms with van der Waals surface area (Å²) < 4.78 is 0. The Bertz CT molecular complexity index is 165. The van der Waals surface area contributed by atoms with Crippen molar-refractivity contribution >= 4 is 17.7 Å². The van der Waals surface area contributed by atoms with Crippen molar-refractivity contribution in [2.24, 2.45) is 0 Å². The number of Topliss-reactive ketones (excluding diaryl/α,β-unsaturated/α-hetero) is 1. The molecule has 1 N–H and O–H groups in total. The van der Waals surface area contributed by atoms with Crippen LogP contribution in [0, 0.1) is 6.92 Å². The molecule has 0 spiro atoms. The molecule has 0 aromatic carbocycles. The number of carboxylic acid groups (broad SMARTS) is 2. The second-order valence-corrected chi connectivity index (χ2v) is 1.28. The Balaban J connectivity index is -0.000000249. The van der Waals surface area contributed by atoms with Crippen molar-refractivity contribution in [1.82, 2.24) is 0 Å². The largest absolute Gasteiger partial charge is 1.00 e. The van der Waals surface area contributed by atoms with Gasteiger partial charge < -0.3 is 21.9 Å². The van der Waals surface area contributed by atoms with Crippen molar-refractivity contribution in [2.75, 3.05) is 0 Å². The van der Waals surface area contributed by atoms with Crippen molar-refractivity contribution in [1.29, 1.82) is 0 Å². The van der Waals surface area contributed by atoms with Gasteiger partial charge in [0.25, 0.3) is 0 Å². The maximum atomic E-state index is 9.93. The Labute approximate surface area is 92.1 Å². The molecule has 0 saturated carbocycles. The summed E-state index contributed by atoms with van der Waals surface area (Å²) in [5.74, 6) is -4.79. The van der Waals surface area contributed by atoms with E-state index in [-0.39, 0.29) is 29.6 Å². The van der Waals surface area contributed by atoms with Gasteiger partial charge >= 0.3 is 35.5 Å². The monoisotopic (exact) mass is 183 g/mol. The van der Waals surface area contributed by atoms with Crippen LogP contribution in [0.5, 0.6) is 0 Å². The number of hydrogen-bond acceptors (Lipinski definition) is 4. The predicted octanol–water partition coefficient (Wildman–Crippen LogP) is -4.38. The minimum atomic E-state index is -1.75. The van der Waals surface area contributed by atoms with Crippen LogP contribution >= 0.6 is 0 Å². The average molecular weight is 183 g/mol. The van der Waals surface area contributed by atoms with Gasteiger partial charge in [0.05, 0.1) is 6.42 Å². The summed E-state index contributed by atoms with van der Waals surface area (Å²) in [6.07, 6.45) is -1.06. The van der Waals surface area contributed by atoms with E-state index in [1.54, 1.807) is 6.92 Å². The molecular weight excluding hydrogens is 175 g/mol. The zero-order valence-electron chi connectivity index (χ0n) is 6.99. The molecule has 0 radical (unpaired) electrons. The van der Waals surface area contributed by atoms with Crippen LogP contribution in [0.2, 0.25) is 0 Å². The topological polar surface area (TPSA) is 94.5 Å². The standard InChI is InChI=1S/C4H4O5.C2H5.Na/c5-2(4(8)9)1-3(6)7;1-2;/h1H2,(H,6,7)(H,8,9);1H2,2H3;/q;-1;+1/p-1. The van der Waals surface area contributed by atoms with Crippen molar-refractivity contribution in [3.05, 3.63) is 6.92 Å². The number of carboxylic acids is 2. The molecule has 0 aliphatic carbocycles. The zero-order valence-corrected chi connectivity index (χ0v) is 8.99. The van der Waals surface area contributed by atoms with E-state index >= 15 is 0 Å². The van der Waals surface area contributed by atoms with Crippen molar-refractivity contribution < 1.29 is 54.2 Å². The quantitative estimate of drug-likeness (QED) is 0.206. The third-order valence-corrected chi connectivity index (χ3v) is 0.543. The molecule has 0 atom stereocenters. The van der Waals surface area contributed by atoms with Gasteiger partial charge in [-0.05, 0) is 0 Å². The fourth-order valence-corrected chi connectivity index (χ4v) is 0.207. The Morgan fingerprint density at radius 1 is 1.33 bits per heavy atom. The van der Waals surface area contributed by atoms with Gasteiger partial charge in [0.1, 0.15) is 0 Å². The Morgan fingerprint density at radius 3 is 1.75 bits per heavy atom. The van der Waals surface area contributed by atoms with Crippen LogP contribution in [0.1, 0.15) is 13.3 Å². The van der Waals surface area contributed by atoms with Crippen molar-refractivity contribution in [3.63, 3.8) is 0 Å². The number of rotatable bonds is 3. The molecule has 0 aliphatic heterocycles. The van der Waals surface area contributed by atoms with Crippen LogP contribution in [0.25, 0.3) is 0 Å². The zero-order chi connectivity index (χ0) is 9.44. The second-order valence-electron chi connectivity index (χ2n) is 1.28. The number of hydrogen-bond donors (Lipinski definition) is 1. The van der Waals surface area contributed by atoms with Gasteiger partial charge in [-0.3, -0.25) is 4.79 Å². The van der Waals surface area contributed by atoms with Gasteiger partial charge in [0, 0.05) is 5.97 Å². The van der Waals surface area contributed by atoms with E-state index in [2.05, 4.69) is 6.92 Å². The maximum absolute atomic E-state index is 9.93. The second kappa shape index (κ2) is 10.6.